The Hall–Kier alpha value is -2.28. The van der Waals surface area contributed by atoms with Crippen molar-refractivity contribution in [2.75, 3.05) is 0 Å². The largest absolute Gasteiger partial charge is 0.408 e. The molecule has 7 heteroatoms. The summed E-state index contributed by atoms with van der Waals surface area (Å²) in [5.74, 6) is -1.05. The molecule has 0 bridgehead atoms. The lowest BCUT2D eigenvalue weighted by Gasteiger charge is -2.07. The third kappa shape index (κ3) is 3.73. The Morgan fingerprint density at radius 2 is 1.96 bits per heavy atom. The first kappa shape index (κ1) is 17.1. The first-order valence-electron chi connectivity index (χ1n) is 7.23. The van der Waals surface area contributed by atoms with Crippen LogP contribution < -0.4 is 9.54 Å². The van der Waals surface area contributed by atoms with Crippen LogP contribution in [-0.2, 0) is 4.79 Å². The first-order chi connectivity index (χ1) is 11.0. The molecule has 0 radical (unpaired) electrons. The van der Waals surface area contributed by atoms with Crippen LogP contribution in [0.5, 0.6) is 5.88 Å². The number of esters is 1. The molecule has 0 saturated carbocycles. The lowest BCUT2D eigenvalue weighted by Crippen LogP contribution is -2.24. The third-order valence-corrected chi connectivity index (χ3v) is 4.00. The second-order valence-corrected chi connectivity index (χ2v) is 5.90. The average molecular weight is 336 g/mol. The van der Waals surface area contributed by atoms with E-state index < -0.39 is 11.8 Å². The number of para-hydroxylation sites is 1. The number of carbonyl (C=O) groups is 2. The highest BCUT2D eigenvalue weighted by atomic mass is 32.1. The molecular weight excluding hydrogens is 319 g/mol. The molecule has 0 unspecified atom stereocenters. The van der Waals surface area contributed by atoms with Crippen molar-refractivity contribution in [1.82, 2.24) is 4.57 Å². The van der Waals surface area contributed by atoms with Crippen LogP contribution in [0.15, 0.2) is 29.3 Å². The van der Waals surface area contributed by atoms with E-state index in [9.17, 15) is 14.0 Å². The van der Waals surface area contributed by atoms with Crippen molar-refractivity contribution in [2.24, 2.45) is 4.99 Å². The van der Waals surface area contributed by atoms with Crippen LogP contribution in [0.1, 0.15) is 36.4 Å². The first-order valence-corrected chi connectivity index (χ1v) is 8.05. The van der Waals surface area contributed by atoms with Crippen LogP contribution in [-0.4, -0.2) is 16.4 Å². The summed E-state index contributed by atoms with van der Waals surface area (Å²) in [6.45, 7) is 5.09. The minimum absolute atomic E-state index is 0.125. The van der Waals surface area contributed by atoms with Gasteiger partial charge in [-0.2, -0.15) is 0 Å². The smallest absolute Gasteiger partial charge is 0.312 e. The van der Waals surface area contributed by atoms with E-state index in [4.69, 9.17) is 4.74 Å². The molecule has 0 atom stereocenters. The number of hydrogen-bond donors (Lipinski definition) is 0. The second-order valence-electron chi connectivity index (χ2n) is 4.72. The van der Waals surface area contributed by atoms with Gasteiger partial charge in [-0.05, 0) is 19.1 Å². The number of thiazole rings is 1. The van der Waals surface area contributed by atoms with E-state index in [1.165, 1.54) is 28.0 Å². The Labute approximate surface area is 137 Å². The molecule has 0 aliphatic carbocycles. The van der Waals surface area contributed by atoms with E-state index in [2.05, 4.69) is 4.99 Å². The van der Waals surface area contributed by atoms with E-state index in [0.717, 1.165) is 0 Å². The predicted molar refractivity (Wildman–Crippen MR) is 85.5 cm³/mol. The monoisotopic (exact) mass is 336 g/mol. The fourth-order valence-electron chi connectivity index (χ4n) is 1.86. The molecule has 0 fully saturated rings. The maximum absolute atomic E-state index is 13.8. The predicted octanol–water partition coefficient (Wildman–Crippen LogP) is 3.60. The highest BCUT2D eigenvalue weighted by molar-refractivity contribution is 7.09. The van der Waals surface area contributed by atoms with Gasteiger partial charge in [0.2, 0.25) is 11.8 Å². The minimum atomic E-state index is -0.485. The Bertz CT molecular complexity index is 808. The molecule has 0 amide bonds. The lowest BCUT2D eigenvalue weighted by molar-refractivity contribution is -0.134. The molecular formula is C16H17FN2O3S. The van der Waals surface area contributed by atoms with Gasteiger partial charge in [-0.25, -0.2) is 13.9 Å². The van der Waals surface area contributed by atoms with Crippen LogP contribution in [0, 0.1) is 12.7 Å². The summed E-state index contributed by atoms with van der Waals surface area (Å²) >= 11 is 1.17. The van der Waals surface area contributed by atoms with E-state index in [1.54, 1.807) is 32.9 Å². The molecule has 0 saturated heterocycles. The molecule has 0 aliphatic rings. The van der Waals surface area contributed by atoms with Gasteiger partial charge in [0.05, 0.1) is 4.88 Å². The van der Waals surface area contributed by atoms with Gasteiger partial charge in [-0.1, -0.05) is 37.3 Å². The lowest BCUT2D eigenvalue weighted by atomic mass is 10.3. The van der Waals surface area contributed by atoms with Crippen molar-refractivity contribution in [3.05, 3.63) is 39.8 Å². The highest BCUT2D eigenvalue weighted by Crippen LogP contribution is 2.23. The van der Waals surface area contributed by atoms with Crippen molar-refractivity contribution >= 4 is 28.9 Å². The van der Waals surface area contributed by atoms with Crippen LogP contribution in [0.2, 0.25) is 0 Å². The van der Waals surface area contributed by atoms with E-state index in [1.807, 2.05) is 0 Å². The van der Waals surface area contributed by atoms with Gasteiger partial charge in [-0.3, -0.25) is 9.59 Å². The Morgan fingerprint density at radius 3 is 2.57 bits per heavy atom. The zero-order valence-electron chi connectivity index (χ0n) is 13.1. The molecule has 23 heavy (non-hydrogen) atoms. The Kier molecular flexibility index (Phi) is 5.44. The zero-order chi connectivity index (χ0) is 17.0. The quantitative estimate of drug-likeness (QED) is 0.802. The number of benzene rings is 1. The summed E-state index contributed by atoms with van der Waals surface area (Å²) in [4.78, 5) is 28.9. The number of ether oxygens (including phenoxy) is 1. The fourth-order valence-corrected chi connectivity index (χ4v) is 2.78. The second kappa shape index (κ2) is 7.32. The Balaban J connectivity index is 2.65. The minimum Gasteiger partial charge on any atom is -0.408 e. The van der Waals surface area contributed by atoms with Gasteiger partial charge in [0, 0.05) is 12.8 Å². The summed E-state index contributed by atoms with van der Waals surface area (Å²) in [5, 5.41) is 0. The maximum atomic E-state index is 13.8. The number of aryl methyl sites for hydroxylation is 1. The van der Waals surface area contributed by atoms with Crippen LogP contribution in [0.25, 0.3) is 0 Å². The molecule has 0 aliphatic heterocycles. The summed E-state index contributed by atoms with van der Waals surface area (Å²) < 4.78 is 20.3. The average Bonchev–Trinajstić information content (AvgIpc) is 2.84. The van der Waals surface area contributed by atoms with Gasteiger partial charge in [0.15, 0.2) is 4.80 Å². The van der Waals surface area contributed by atoms with Crippen molar-refractivity contribution in [1.29, 1.82) is 0 Å². The third-order valence-electron chi connectivity index (χ3n) is 3.06. The molecule has 1 aromatic carbocycles. The zero-order valence-corrected chi connectivity index (χ0v) is 13.9. The summed E-state index contributed by atoms with van der Waals surface area (Å²) in [6.07, 6.45) is 0.396. The standard InChI is InChI=1S/C16H17FN2O3S/c1-4-13(20)19-15(22-14(21)5-2)10(3)23-16(19)18-12-9-7-6-8-11(12)17/h6-9H,4-5H2,1-3H3. The van der Waals surface area contributed by atoms with Crippen molar-refractivity contribution < 1.29 is 18.7 Å². The fraction of sp³-hybridized carbons (Fsp3) is 0.312. The molecule has 0 spiro atoms. The molecule has 122 valence electrons. The van der Waals surface area contributed by atoms with Gasteiger partial charge >= 0.3 is 5.97 Å². The van der Waals surface area contributed by atoms with Crippen LogP contribution >= 0.6 is 11.3 Å². The van der Waals surface area contributed by atoms with E-state index in [-0.39, 0.29) is 35.1 Å². The maximum Gasteiger partial charge on any atom is 0.312 e. The normalized spacial score (nSPS) is 11.6. The van der Waals surface area contributed by atoms with Crippen molar-refractivity contribution in [3.8, 4) is 5.88 Å². The number of hydrogen-bond acceptors (Lipinski definition) is 5. The van der Waals surface area contributed by atoms with Gasteiger partial charge < -0.3 is 4.74 Å². The highest BCUT2D eigenvalue weighted by Gasteiger charge is 2.19. The number of carbonyl (C=O) groups excluding carboxylic acids is 2. The molecule has 1 heterocycles. The van der Waals surface area contributed by atoms with Crippen LogP contribution in [0.3, 0.4) is 0 Å². The van der Waals surface area contributed by atoms with E-state index >= 15 is 0 Å². The molecule has 1 aromatic heterocycles. The van der Waals surface area contributed by atoms with Gasteiger partial charge in [0.1, 0.15) is 11.5 Å². The summed E-state index contributed by atoms with van der Waals surface area (Å²) in [7, 11) is 0. The van der Waals surface area contributed by atoms with Gasteiger partial charge in [-0.15, -0.1) is 0 Å². The SMILES string of the molecule is CCC(=O)Oc1c(C)sc(=Nc2ccccc2F)n1C(=O)CC. The van der Waals surface area contributed by atoms with E-state index in [0.29, 0.717) is 4.88 Å². The van der Waals surface area contributed by atoms with Crippen molar-refractivity contribution in [3.63, 3.8) is 0 Å². The van der Waals surface area contributed by atoms with Crippen LogP contribution in [0.4, 0.5) is 10.1 Å². The molecule has 0 N–H and O–H groups in total. The summed E-state index contributed by atoms with van der Waals surface area (Å²) in [6, 6.07) is 6.03. The van der Waals surface area contributed by atoms with Gasteiger partial charge in [0.25, 0.3) is 0 Å². The van der Waals surface area contributed by atoms with Crippen molar-refractivity contribution in [2.45, 2.75) is 33.6 Å². The molecule has 2 rings (SSSR count). The number of rotatable bonds is 4. The number of nitrogens with zero attached hydrogens (tertiary/aromatic N) is 2. The summed E-state index contributed by atoms with van der Waals surface area (Å²) in [5.41, 5.74) is 0.125. The molecule has 5 nitrogen and oxygen atoms in total. The number of halogens is 1. The molecule has 2 aromatic rings. The number of aromatic nitrogens is 1. The Morgan fingerprint density at radius 1 is 1.26 bits per heavy atom. The topological polar surface area (TPSA) is 60.7 Å².